The van der Waals surface area contributed by atoms with Crippen LogP contribution in [0.1, 0.15) is 36.0 Å². The van der Waals surface area contributed by atoms with Gasteiger partial charge in [-0.15, -0.1) is 0 Å². The molecule has 2 aliphatic rings. The summed E-state index contributed by atoms with van der Waals surface area (Å²) in [6.45, 7) is 1.66. The van der Waals surface area contributed by atoms with E-state index in [2.05, 4.69) is 4.90 Å². The van der Waals surface area contributed by atoms with Gasteiger partial charge in [0.1, 0.15) is 0 Å². The molecule has 1 saturated carbocycles. The molecule has 0 N–H and O–H groups in total. The lowest BCUT2D eigenvalue weighted by atomic mass is 9.91. The number of rotatable bonds is 3. The Morgan fingerprint density at radius 3 is 1.97 bits per heavy atom. The van der Waals surface area contributed by atoms with E-state index in [-0.39, 0.29) is 11.4 Å². The molecule has 1 fully saturated rings. The lowest BCUT2D eigenvalue weighted by molar-refractivity contribution is -0.169. The molecule has 9 heteroatoms. The Morgan fingerprint density at radius 2 is 1.44 bits per heavy atom. The lowest BCUT2D eigenvalue weighted by Crippen LogP contribution is -2.41. The average molecular weight is 456 g/mol. The fourth-order valence-corrected chi connectivity index (χ4v) is 4.29. The maximum Gasteiger partial charge on any atom is 0.472 e. The van der Waals surface area contributed by atoms with Gasteiger partial charge in [-0.3, -0.25) is 14.6 Å². The molecule has 0 bridgehead atoms. The molecule has 4 rings (SSSR count). The van der Waals surface area contributed by atoms with Crippen LogP contribution in [0, 0.1) is 0 Å². The molecular weight excluding hydrogens is 434 g/mol. The number of benzene rings is 2. The number of amides is 1. The number of nitrogens with zero attached hydrogens (tertiary/aromatic N) is 2. The highest BCUT2D eigenvalue weighted by molar-refractivity contribution is 6.03. The molecule has 2 aromatic rings. The van der Waals surface area contributed by atoms with Crippen molar-refractivity contribution in [3.8, 4) is 0 Å². The number of carbonyl (C=O) groups is 1. The number of carbonyl (C=O) groups excluding carboxylic acids is 1. The van der Waals surface area contributed by atoms with Gasteiger partial charge in [0.15, 0.2) is 0 Å². The van der Waals surface area contributed by atoms with Gasteiger partial charge in [0.2, 0.25) is 0 Å². The number of fused-ring (bicyclic) bond motifs is 1. The summed E-state index contributed by atoms with van der Waals surface area (Å²) in [5.74, 6) is -2.15. The molecule has 2 aromatic carbocycles. The van der Waals surface area contributed by atoms with Crippen molar-refractivity contribution in [1.29, 1.82) is 0 Å². The van der Waals surface area contributed by atoms with Gasteiger partial charge in [0, 0.05) is 30.5 Å². The number of alkyl halides is 6. The van der Waals surface area contributed by atoms with E-state index in [9.17, 15) is 31.1 Å². The van der Waals surface area contributed by atoms with Crippen LogP contribution in [-0.4, -0.2) is 36.1 Å². The first-order valence-electron chi connectivity index (χ1n) is 10.5. The largest absolute Gasteiger partial charge is 0.472 e. The molecule has 172 valence electrons. The van der Waals surface area contributed by atoms with Gasteiger partial charge in [-0.05, 0) is 73.2 Å². The summed E-state index contributed by atoms with van der Waals surface area (Å²) < 4.78 is 78.7. The monoisotopic (exact) mass is 456 g/mol. The quantitative estimate of drug-likeness (QED) is 0.538. The first-order valence-corrected chi connectivity index (χ1v) is 10.5. The molecule has 32 heavy (non-hydrogen) atoms. The third-order valence-corrected chi connectivity index (χ3v) is 6.27. The molecule has 0 saturated heterocycles. The van der Waals surface area contributed by atoms with Crippen molar-refractivity contribution in [2.45, 2.75) is 50.5 Å². The zero-order chi connectivity index (χ0) is 23.1. The van der Waals surface area contributed by atoms with Gasteiger partial charge in [0.05, 0.1) is 5.56 Å². The Balaban J connectivity index is 1.66. The van der Waals surface area contributed by atoms with Crippen molar-refractivity contribution in [2.24, 2.45) is 0 Å². The minimum Gasteiger partial charge on any atom is -0.300 e. The lowest BCUT2D eigenvalue weighted by Gasteiger charge is -2.36. The Morgan fingerprint density at radius 1 is 0.844 bits per heavy atom. The smallest absolute Gasteiger partial charge is 0.300 e. The zero-order valence-electron chi connectivity index (χ0n) is 17.1. The van der Waals surface area contributed by atoms with Crippen LogP contribution < -0.4 is 4.90 Å². The minimum absolute atomic E-state index is 0.0112. The van der Waals surface area contributed by atoms with E-state index in [1.165, 1.54) is 12.5 Å². The van der Waals surface area contributed by atoms with Gasteiger partial charge in [-0.2, -0.15) is 26.3 Å². The average Bonchev–Trinajstić information content (AvgIpc) is 2.88. The third kappa shape index (κ3) is 4.62. The van der Waals surface area contributed by atoms with Crippen LogP contribution in [0.25, 0.3) is 0 Å². The number of halogens is 6. The van der Waals surface area contributed by atoms with E-state index in [1.54, 1.807) is 12.1 Å². The zero-order valence-corrected chi connectivity index (χ0v) is 17.1. The van der Waals surface area contributed by atoms with Gasteiger partial charge in [0.25, 0.3) is 0 Å². The van der Waals surface area contributed by atoms with E-state index in [4.69, 9.17) is 0 Å². The topological polar surface area (TPSA) is 23.6 Å². The normalized spacial score (nSPS) is 17.9. The van der Waals surface area contributed by atoms with Crippen molar-refractivity contribution in [1.82, 2.24) is 4.90 Å². The van der Waals surface area contributed by atoms with Crippen LogP contribution >= 0.6 is 0 Å². The standard InChI is InChI=1S/C23H22F6N2O/c24-22(25,26)17-5-8-19(9-6-17)31(21(32)23(27,28)29)20-7-4-15-10-12-30(18-2-1-3-18)13-11-16(15)14-20/h4-9,14,18H,1-3,10-13H2. The van der Waals surface area contributed by atoms with Crippen LogP contribution in [0.5, 0.6) is 0 Å². The van der Waals surface area contributed by atoms with Gasteiger partial charge < -0.3 is 0 Å². The Hall–Kier alpha value is -2.55. The Labute approximate surface area is 181 Å². The second-order valence-corrected chi connectivity index (χ2v) is 8.26. The Kier molecular flexibility index (Phi) is 5.96. The van der Waals surface area contributed by atoms with E-state index < -0.39 is 23.8 Å². The first kappa shape index (κ1) is 22.6. The van der Waals surface area contributed by atoms with Crippen molar-refractivity contribution < 1.29 is 31.1 Å². The summed E-state index contributed by atoms with van der Waals surface area (Å²) in [7, 11) is 0. The maximum atomic E-state index is 13.4. The van der Waals surface area contributed by atoms with Crippen LogP contribution in [0.4, 0.5) is 37.7 Å². The second kappa shape index (κ2) is 8.42. The van der Waals surface area contributed by atoms with Crippen molar-refractivity contribution >= 4 is 17.3 Å². The summed E-state index contributed by atoms with van der Waals surface area (Å²) in [6.07, 6.45) is -4.89. The SMILES string of the molecule is O=C(N(c1ccc(C(F)(F)F)cc1)c1ccc2c(c1)CCN(C1CCC1)CC2)C(F)(F)F. The van der Waals surface area contributed by atoms with Gasteiger partial charge >= 0.3 is 18.3 Å². The first-order chi connectivity index (χ1) is 15.0. The van der Waals surface area contributed by atoms with E-state index >= 15 is 0 Å². The summed E-state index contributed by atoms with van der Waals surface area (Å²) in [4.78, 5) is 15.1. The van der Waals surface area contributed by atoms with E-state index in [0.717, 1.165) is 55.6 Å². The minimum atomic E-state index is -5.18. The van der Waals surface area contributed by atoms with Crippen LogP contribution in [-0.2, 0) is 23.8 Å². The molecule has 1 aliphatic heterocycles. The molecule has 0 spiro atoms. The van der Waals surface area contributed by atoms with Crippen molar-refractivity contribution in [2.75, 3.05) is 18.0 Å². The highest BCUT2D eigenvalue weighted by Crippen LogP contribution is 2.36. The predicted molar refractivity (Wildman–Crippen MR) is 108 cm³/mol. The fraction of sp³-hybridized carbons (Fsp3) is 0.435. The molecular formula is C23H22F6N2O. The van der Waals surface area contributed by atoms with E-state index in [1.807, 2.05) is 0 Å². The maximum absolute atomic E-state index is 13.4. The highest BCUT2D eigenvalue weighted by atomic mass is 19.4. The predicted octanol–water partition coefficient (Wildman–Crippen LogP) is 5.89. The summed E-state index contributed by atoms with van der Waals surface area (Å²) >= 11 is 0. The molecule has 1 aliphatic carbocycles. The molecule has 0 atom stereocenters. The fourth-order valence-electron chi connectivity index (χ4n) is 4.29. The van der Waals surface area contributed by atoms with Crippen LogP contribution in [0.3, 0.4) is 0 Å². The highest BCUT2D eigenvalue weighted by Gasteiger charge is 2.44. The number of anilines is 2. The summed E-state index contributed by atoms with van der Waals surface area (Å²) in [5, 5.41) is 0. The molecule has 0 unspecified atom stereocenters. The van der Waals surface area contributed by atoms with Crippen LogP contribution in [0.2, 0.25) is 0 Å². The van der Waals surface area contributed by atoms with Crippen molar-refractivity contribution in [3.63, 3.8) is 0 Å². The van der Waals surface area contributed by atoms with Gasteiger partial charge in [-0.1, -0.05) is 12.5 Å². The molecule has 1 heterocycles. The van der Waals surface area contributed by atoms with E-state index in [0.29, 0.717) is 29.5 Å². The number of hydrogen-bond acceptors (Lipinski definition) is 2. The number of hydrogen-bond donors (Lipinski definition) is 0. The molecule has 0 aromatic heterocycles. The summed E-state index contributed by atoms with van der Waals surface area (Å²) in [5.41, 5.74) is 0.588. The van der Waals surface area contributed by atoms with Crippen molar-refractivity contribution in [3.05, 3.63) is 59.2 Å². The third-order valence-electron chi connectivity index (χ3n) is 6.27. The van der Waals surface area contributed by atoms with Gasteiger partial charge in [-0.25, -0.2) is 0 Å². The molecule has 0 radical (unpaired) electrons. The second-order valence-electron chi connectivity index (χ2n) is 8.26. The molecule has 1 amide bonds. The summed E-state index contributed by atoms with van der Waals surface area (Å²) in [6, 6.07) is 8.37. The Bertz CT molecular complexity index is 979. The van der Waals surface area contributed by atoms with Crippen LogP contribution in [0.15, 0.2) is 42.5 Å². The molecule has 3 nitrogen and oxygen atoms in total.